The zero-order chi connectivity index (χ0) is 15.7. The number of benzene rings is 1. The molecule has 2 heterocycles. The van der Waals surface area contributed by atoms with E-state index >= 15 is 0 Å². The third-order valence-corrected chi connectivity index (χ3v) is 7.64. The largest absolute Gasteiger partial charge is 0.334 e. The lowest BCUT2D eigenvalue weighted by Crippen LogP contribution is -2.34. The Morgan fingerprint density at radius 1 is 1.04 bits per heavy atom. The van der Waals surface area contributed by atoms with E-state index in [1.807, 2.05) is 23.5 Å². The number of hydrogen-bond donors (Lipinski definition) is 1. The molecule has 1 aliphatic carbocycles. The van der Waals surface area contributed by atoms with Crippen molar-refractivity contribution in [3.8, 4) is 11.5 Å². The molecule has 7 heteroatoms. The molecule has 1 saturated heterocycles. The van der Waals surface area contributed by atoms with Crippen LogP contribution in [-0.2, 0) is 5.54 Å². The third-order valence-electron chi connectivity index (χ3n) is 4.62. The SMILES string of the molecule is Cl.NC1(c2noc(-c3ccc(C4SCCCS4)cc3)n2)CCCC1. The van der Waals surface area contributed by atoms with Crippen LogP contribution >= 0.6 is 35.9 Å². The summed E-state index contributed by atoms with van der Waals surface area (Å²) in [6.45, 7) is 0. The summed E-state index contributed by atoms with van der Waals surface area (Å²) in [6, 6.07) is 8.53. The van der Waals surface area contributed by atoms with Gasteiger partial charge < -0.3 is 10.3 Å². The number of nitrogens with zero attached hydrogens (tertiary/aromatic N) is 2. The summed E-state index contributed by atoms with van der Waals surface area (Å²) >= 11 is 4.07. The zero-order valence-electron chi connectivity index (χ0n) is 13.4. The maximum Gasteiger partial charge on any atom is 0.257 e. The molecule has 2 aromatic rings. The zero-order valence-corrected chi connectivity index (χ0v) is 15.9. The lowest BCUT2D eigenvalue weighted by molar-refractivity contribution is 0.372. The Kier molecular flexibility index (Phi) is 5.80. The molecule has 0 spiro atoms. The van der Waals surface area contributed by atoms with Gasteiger partial charge in [-0.15, -0.1) is 35.9 Å². The van der Waals surface area contributed by atoms with E-state index < -0.39 is 5.54 Å². The average molecular weight is 384 g/mol. The molecular formula is C17H22ClN3OS2. The lowest BCUT2D eigenvalue weighted by atomic mass is 9.99. The Balaban J connectivity index is 0.00000169. The van der Waals surface area contributed by atoms with E-state index in [1.54, 1.807) is 0 Å². The highest BCUT2D eigenvalue weighted by Gasteiger charge is 2.36. The molecule has 0 bridgehead atoms. The van der Waals surface area contributed by atoms with Crippen LogP contribution in [0.3, 0.4) is 0 Å². The Labute approximate surface area is 157 Å². The molecular weight excluding hydrogens is 362 g/mol. The third kappa shape index (κ3) is 3.62. The van der Waals surface area contributed by atoms with Gasteiger partial charge in [0.25, 0.3) is 5.89 Å². The van der Waals surface area contributed by atoms with Crippen molar-refractivity contribution in [2.24, 2.45) is 5.73 Å². The van der Waals surface area contributed by atoms with Crippen LogP contribution in [0, 0.1) is 0 Å². The highest BCUT2D eigenvalue weighted by Crippen LogP contribution is 2.44. The van der Waals surface area contributed by atoms with Crippen LogP contribution in [0.4, 0.5) is 0 Å². The summed E-state index contributed by atoms with van der Waals surface area (Å²) in [5.41, 5.74) is 8.35. The summed E-state index contributed by atoms with van der Waals surface area (Å²) in [5, 5.41) is 4.14. The van der Waals surface area contributed by atoms with E-state index in [0.29, 0.717) is 16.3 Å². The van der Waals surface area contributed by atoms with Crippen LogP contribution in [0.5, 0.6) is 0 Å². The number of aromatic nitrogens is 2. The molecule has 2 aliphatic rings. The topological polar surface area (TPSA) is 64.9 Å². The molecule has 24 heavy (non-hydrogen) atoms. The summed E-state index contributed by atoms with van der Waals surface area (Å²) in [4.78, 5) is 4.56. The quantitative estimate of drug-likeness (QED) is 0.824. The van der Waals surface area contributed by atoms with Crippen LogP contribution in [0.2, 0.25) is 0 Å². The maximum absolute atomic E-state index is 6.40. The number of hydrogen-bond acceptors (Lipinski definition) is 6. The van der Waals surface area contributed by atoms with Crippen molar-refractivity contribution in [3.05, 3.63) is 35.7 Å². The molecule has 2 N–H and O–H groups in total. The number of rotatable bonds is 3. The van der Waals surface area contributed by atoms with Crippen molar-refractivity contribution in [2.75, 3.05) is 11.5 Å². The van der Waals surface area contributed by atoms with E-state index in [2.05, 4.69) is 34.4 Å². The smallest absolute Gasteiger partial charge is 0.257 e. The average Bonchev–Trinajstić information content (AvgIpc) is 3.26. The second-order valence-corrected chi connectivity index (χ2v) is 9.06. The molecule has 1 saturated carbocycles. The Hall–Kier alpha value is -0.690. The van der Waals surface area contributed by atoms with E-state index in [4.69, 9.17) is 10.3 Å². The van der Waals surface area contributed by atoms with Crippen LogP contribution in [0.1, 0.15) is 48.1 Å². The second-order valence-electron chi connectivity index (χ2n) is 6.34. The van der Waals surface area contributed by atoms with Crippen molar-refractivity contribution in [1.29, 1.82) is 0 Å². The number of halogens is 1. The first kappa shape index (κ1) is 18.1. The fraction of sp³-hybridized carbons (Fsp3) is 0.529. The monoisotopic (exact) mass is 383 g/mol. The molecule has 0 atom stereocenters. The van der Waals surface area contributed by atoms with Gasteiger partial charge in [-0.1, -0.05) is 30.1 Å². The minimum Gasteiger partial charge on any atom is -0.334 e. The first-order valence-electron chi connectivity index (χ1n) is 8.21. The second kappa shape index (κ2) is 7.68. The van der Waals surface area contributed by atoms with Gasteiger partial charge in [0.15, 0.2) is 5.82 Å². The van der Waals surface area contributed by atoms with Gasteiger partial charge in [0.05, 0.1) is 10.1 Å². The summed E-state index contributed by atoms with van der Waals surface area (Å²) in [6.07, 6.45) is 5.50. The molecule has 1 aromatic carbocycles. The van der Waals surface area contributed by atoms with Crippen molar-refractivity contribution in [2.45, 2.75) is 42.2 Å². The summed E-state index contributed by atoms with van der Waals surface area (Å²) in [7, 11) is 0. The van der Waals surface area contributed by atoms with Gasteiger partial charge in [-0.05, 0) is 48.5 Å². The first-order valence-corrected chi connectivity index (χ1v) is 10.3. The summed E-state index contributed by atoms with van der Waals surface area (Å²) < 4.78 is 6.02. The van der Waals surface area contributed by atoms with Crippen LogP contribution in [0.15, 0.2) is 28.8 Å². The normalized spacial score (nSPS) is 20.7. The van der Waals surface area contributed by atoms with E-state index in [-0.39, 0.29) is 12.4 Å². The van der Waals surface area contributed by atoms with E-state index in [0.717, 1.165) is 31.2 Å². The molecule has 4 rings (SSSR count). The van der Waals surface area contributed by atoms with Gasteiger partial charge in [-0.25, -0.2) is 0 Å². The predicted molar refractivity (Wildman–Crippen MR) is 104 cm³/mol. The number of thioether (sulfide) groups is 2. The Morgan fingerprint density at radius 3 is 2.38 bits per heavy atom. The fourth-order valence-corrected chi connectivity index (χ4v) is 6.13. The molecule has 0 radical (unpaired) electrons. The molecule has 130 valence electrons. The standard InChI is InChI=1S/C17H21N3OS2.ClH/c18-17(8-1-2-9-17)16-19-14(21-20-16)12-4-6-13(7-5-12)15-22-10-3-11-23-15;/h4-7,15H,1-3,8-11,18H2;1H. The summed E-state index contributed by atoms with van der Waals surface area (Å²) in [5.74, 6) is 3.75. The predicted octanol–water partition coefficient (Wildman–Crippen LogP) is 4.76. The molecule has 4 nitrogen and oxygen atoms in total. The minimum atomic E-state index is -0.392. The molecule has 0 amide bonds. The highest BCUT2D eigenvalue weighted by molar-refractivity contribution is 8.16. The Bertz CT molecular complexity index is 665. The van der Waals surface area contributed by atoms with Crippen LogP contribution in [0.25, 0.3) is 11.5 Å². The van der Waals surface area contributed by atoms with E-state index in [9.17, 15) is 0 Å². The first-order chi connectivity index (χ1) is 11.2. The van der Waals surface area contributed by atoms with Gasteiger partial charge in [0.1, 0.15) is 0 Å². The van der Waals surface area contributed by atoms with Gasteiger partial charge in [0, 0.05) is 5.56 Å². The highest BCUT2D eigenvalue weighted by atomic mass is 35.5. The Morgan fingerprint density at radius 2 is 1.71 bits per heavy atom. The van der Waals surface area contributed by atoms with Crippen LogP contribution in [-0.4, -0.2) is 21.6 Å². The van der Waals surface area contributed by atoms with Gasteiger partial charge in [0.2, 0.25) is 0 Å². The van der Waals surface area contributed by atoms with Gasteiger partial charge >= 0.3 is 0 Å². The molecule has 2 fully saturated rings. The molecule has 0 unspecified atom stereocenters. The van der Waals surface area contributed by atoms with Crippen molar-refractivity contribution >= 4 is 35.9 Å². The van der Waals surface area contributed by atoms with Crippen molar-refractivity contribution in [3.63, 3.8) is 0 Å². The maximum atomic E-state index is 6.40. The molecule has 1 aliphatic heterocycles. The van der Waals surface area contributed by atoms with Gasteiger partial charge in [-0.2, -0.15) is 4.98 Å². The number of nitrogens with two attached hydrogens (primary N) is 1. The fourth-order valence-electron chi connectivity index (χ4n) is 3.24. The van der Waals surface area contributed by atoms with Gasteiger partial charge in [-0.3, -0.25) is 0 Å². The van der Waals surface area contributed by atoms with E-state index in [1.165, 1.54) is 23.5 Å². The lowest BCUT2D eigenvalue weighted by Gasteiger charge is -2.21. The minimum absolute atomic E-state index is 0. The molecule has 1 aromatic heterocycles. The van der Waals surface area contributed by atoms with Crippen molar-refractivity contribution in [1.82, 2.24) is 10.1 Å². The van der Waals surface area contributed by atoms with Crippen LogP contribution < -0.4 is 5.73 Å². The van der Waals surface area contributed by atoms with Crippen molar-refractivity contribution < 1.29 is 4.52 Å².